The number of pyridine rings is 1. The molecule has 2 aromatic heterocycles. The van der Waals surface area contributed by atoms with Crippen molar-refractivity contribution < 1.29 is 4.90 Å². The van der Waals surface area contributed by atoms with E-state index in [1.165, 1.54) is 10.5 Å². The summed E-state index contributed by atoms with van der Waals surface area (Å²) in [6.45, 7) is 0.967. The number of aromatic amines is 1. The van der Waals surface area contributed by atoms with Gasteiger partial charge in [-0.25, -0.2) is 0 Å². The van der Waals surface area contributed by atoms with Crippen LogP contribution in [0.1, 0.15) is 5.56 Å². The number of H-pyrrole nitrogens is 1. The lowest BCUT2D eigenvalue weighted by molar-refractivity contribution is -0.872. The van der Waals surface area contributed by atoms with E-state index >= 15 is 0 Å². The molecular weight excluding hydrogens is 198 g/mol. The lowest BCUT2D eigenvalue weighted by atomic mass is 10.2. The molecule has 0 amide bonds. The third kappa shape index (κ3) is 1.74. The molecule has 4 heteroatoms. The van der Waals surface area contributed by atoms with Gasteiger partial charge in [-0.3, -0.25) is 4.98 Å². The van der Waals surface area contributed by atoms with Gasteiger partial charge < -0.3 is 9.88 Å². The zero-order valence-corrected chi connectivity index (χ0v) is 9.02. The monoisotopic (exact) mass is 210 g/mol. The van der Waals surface area contributed by atoms with E-state index in [-0.39, 0.29) is 0 Å². The fourth-order valence-electron chi connectivity index (χ4n) is 1.55. The maximum atomic E-state index is 5.85. The predicted molar refractivity (Wildman–Crippen MR) is 57.6 cm³/mol. The summed E-state index contributed by atoms with van der Waals surface area (Å²) in [6.07, 6.45) is 3.69. The Labute approximate surface area is 87.7 Å². The molecule has 2 N–H and O–H groups in total. The van der Waals surface area contributed by atoms with Crippen molar-refractivity contribution in [3.8, 4) is 0 Å². The normalized spacial score (nSPS) is 11.4. The zero-order chi connectivity index (χ0) is 10.1. The first-order valence-electron chi connectivity index (χ1n) is 4.57. The van der Waals surface area contributed by atoms with Crippen molar-refractivity contribution in [2.24, 2.45) is 0 Å². The van der Waals surface area contributed by atoms with Crippen molar-refractivity contribution in [3.05, 3.63) is 29.0 Å². The molecule has 0 fully saturated rings. The van der Waals surface area contributed by atoms with E-state index in [1.54, 1.807) is 6.20 Å². The summed E-state index contributed by atoms with van der Waals surface area (Å²) in [4.78, 5) is 8.87. The van der Waals surface area contributed by atoms with Crippen molar-refractivity contribution in [1.82, 2.24) is 9.97 Å². The van der Waals surface area contributed by atoms with Crippen molar-refractivity contribution >= 4 is 22.6 Å². The Morgan fingerprint density at radius 1 is 1.50 bits per heavy atom. The van der Waals surface area contributed by atoms with E-state index in [2.05, 4.69) is 24.1 Å². The van der Waals surface area contributed by atoms with Crippen LogP contribution in [0.15, 0.2) is 18.5 Å². The van der Waals surface area contributed by atoms with Gasteiger partial charge >= 0.3 is 0 Å². The highest BCUT2D eigenvalue weighted by molar-refractivity contribution is 6.31. The highest BCUT2D eigenvalue weighted by atomic mass is 35.5. The third-order valence-corrected chi connectivity index (χ3v) is 2.31. The highest BCUT2D eigenvalue weighted by Gasteiger charge is 2.07. The zero-order valence-electron chi connectivity index (χ0n) is 8.26. The summed E-state index contributed by atoms with van der Waals surface area (Å²) in [7, 11) is 4.24. The number of aromatic nitrogens is 2. The Morgan fingerprint density at radius 2 is 2.29 bits per heavy atom. The Bertz CT molecular complexity index is 448. The number of hydrogen-bond donors (Lipinski definition) is 2. The summed E-state index contributed by atoms with van der Waals surface area (Å²) in [5, 5.41) is 0.670. The number of rotatable bonds is 2. The number of hydrogen-bond acceptors (Lipinski definition) is 1. The van der Waals surface area contributed by atoms with Gasteiger partial charge in [0.1, 0.15) is 6.54 Å². The molecule has 0 saturated heterocycles. The van der Waals surface area contributed by atoms with Gasteiger partial charge in [-0.2, -0.15) is 0 Å². The van der Waals surface area contributed by atoms with Crippen LogP contribution in [0.25, 0.3) is 11.0 Å². The van der Waals surface area contributed by atoms with Gasteiger partial charge in [-0.15, -0.1) is 0 Å². The van der Waals surface area contributed by atoms with Crippen LogP contribution in [0.4, 0.5) is 0 Å². The quantitative estimate of drug-likeness (QED) is 0.758. The lowest BCUT2D eigenvalue weighted by Crippen LogP contribution is -3.04. The highest BCUT2D eigenvalue weighted by Crippen LogP contribution is 2.18. The summed E-state index contributed by atoms with van der Waals surface area (Å²) < 4.78 is 0. The molecule has 74 valence electrons. The summed E-state index contributed by atoms with van der Waals surface area (Å²) in [6, 6.07) is 1.90. The average Bonchev–Trinajstić information content (AvgIpc) is 2.47. The van der Waals surface area contributed by atoms with Crippen molar-refractivity contribution in [1.29, 1.82) is 0 Å². The van der Waals surface area contributed by atoms with E-state index in [0.29, 0.717) is 5.02 Å². The molecule has 0 bridgehead atoms. The third-order valence-electron chi connectivity index (χ3n) is 2.10. The van der Waals surface area contributed by atoms with E-state index in [0.717, 1.165) is 17.6 Å². The van der Waals surface area contributed by atoms with E-state index in [9.17, 15) is 0 Å². The van der Waals surface area contributed by atoms with E-state index in [1.807, 2.05) is 12.3 Å². The molecule has 0 saturated carbocycles. The van der Waals surface area contributed by atoms with Gasteiger partial charge in [0.15, 0.2) is 0 Å². The maximum Gasteiger partial charge on any atom is 0.106 e. The molecule has 2 aromatic rings. The minimum absolute atomic E-state index is 0.670. The fourth-order valence-corrected chi connectivity index (χ4v) is 1.71. The smallest absolute Gasteiger partial charge is 0.106 e. The van der Waals surface area contributed by atoms with Crippen molar-refractivity contribution in [3.63, 3.8) is 0 Å². The SMILES string of the molecule is C[NH+](C)Cc1c[nH]c2cc(Cl)cnc12. The van der Waals surface area contributed by atoms with Crippen LogP contribution < -0.4 is 4.90 Å². The summed E-state index contributed by atoms with van der Waals surface area (Å²) >= 11 is 5.85. The lowest BCUT2D eigenvalue weighted by Gasteiger charge is -2.04. The number of halogens is 1. The van der Waals surface area contributed by atoms with Crippen LogP contribution in [0.2, 0.25) is 5.02 Å². The van der Waals surface area contributed by atoms with Crippen molar-refractivity contribution in [2.75, 3.05) is 14.1 Å². The largest absolute Gasteiger partial charge is 0.359 e. The molecule has 0 spiro atoms. The molecule has 0 aliphatic carbocycles. The standard InChI is InChI=1S/C10H12ClN3/c1-14(2)6-7-4-12-9-3-8(11)5-13-10(7)9/h3-5,12H,6H2,1-2H3/p+1. The van der Waals surface area contributed by atoms with E-state index in [4.69, 9.17) is 11.6 Å². The molecule has 14 heavy (non-hydrogen) atoms. The van der Waals surface area contributed by atoms with Gasteiger partial charge in [0.05, 0.1) is 30.2 Å². The Kier molecular flexibility index (Phi) is 2.44. The minimum atomic E-state index is 0.670. The maximum absolute atomic E-state index is 5.85. The Hall–Kier alpha value is -1.06. The van der Waals surface area contributed by atoms with Gasteiger partial charge in [-0.1, -0.05) is 11.6 Å². The van der Waals surface area contributed by atoms with Gasteiger partial charge in [0.2, 0.25) is 0 Å². The van der Waals surface area contributed by atoms with Crippen molar-refractivity contribution in [2.45, 2.75) is 6.54 Å². The van der Waals surface area contributed by atoms with Crippen LogP contribution in [0.3, 0.4) is 0 Å². The van der Waals surface area contributed by atoms with Crippen LogP contribution in [0, 0.1) is 0 Å². The number of nitrogens with one attached hydrogen (secondary N) is 2. The molecule has 0 aliphatic rings. The van der Waals surface area contributed by atoms with Crippen LogP contribution in [0.5, 0.6) is 0 Å². The molecule has 0 radical (unpaired) electrons. The molecule has 0 unspecified atom stereocenters. The molecule has 0 atom stereocenters. The summed E-state index contributed by atoms with van der Waals surface area (Å²) in [5.41, 5.74) is 3.26. The summed E-state index contributed by atoms with van der Waals surface area (Å²) in [5.74, 6) is 0. The Morgan fingerprint density at radius 3 is 3.00 bits per heavy atom. The first-order chi connectivity index (χ1) is 6.66. The number of quaternary nitrogens is 1. The van der Waals surface area contributed by atoms with Gasteiger partial charge in [0.25, 0.3) is 0 Å². The minimum Gasteiger partial charge on any atom is -0.359 e. The van der Waals surface area contributed by atoms with Crippen LogP contribution >= 0.6 is 11.6 Å². The molecule has 3 nitrogen and oxygen atoms in total. The molecule has 0 aliphatic heterocycles. The second kappa shape index (κ2) is 3.59. The molecule has 0 aromatic carbocycles. The topological polar surface area (TPSA) is 33.1 Å². The molecular formula is C10H13ClN3+. The molecule has 2 heterocycles. The predicted octanol–water partition coefficient (Wildman–Crippen LogP) is 0.861. The first kappa shape index (κ1) is 9.49. The van der Waals surface area contributed by atoms with Gasteiger partial charge in [0, 0.05) is 18.0 Å². The van der Waals surface area contributed by atoms with E-state index < -0.39 is 0 Å². The Balaban J connectivity index is 2.47. The van der Waals surface area contributed by atoms with Crippen LogP contribution in [-0.4, -0.2) is 24.1 Å². The first-order valence-corrected chi connectivity index (χ1v) is 4.95. The average molecular weight is 211 g/mol. The number of nitrogens with zero attached hydrogens (tertiary/aromatic N) is 1. The fraction of sp³-hybridized carbons (Fsp3) is 0.300. The van der Waals surface area contributed by atoms with Gasteiger partial charge in [-0.05, 0) is 6.07 Å². The second-order valence-corrected chi connectivity index (χ2v) is 4.18. The molecule has 2 rings (SSSR count). The number of fused-ring (bicyclic) bond motifs is 1. The second-order valence-electron chi connectivity index (χ2n) is 3.75. The van der Waals surface area contributed by atoms with Crippen LogP contribution in [-0.2, 0) is 6.54 Å².